The van der Waals surface area contributed by atoms with Gasteiger partial charge in [0.15, 0.2) is 0 Å². The van der Waals surface area contributed by atoms with Gasteiger partial charge in [0.05, 0.1) is 0 Å². The second kappa shape index (κ2) is 35.1. The molecule has 0 aromatic carbocycles. The van der Waals surface area contributed by atoms with E-state index in [0.29, 0.717) is 0 Å². The van der Waals surface area contributed by atoms with E-state index in [-0.39, 0.29) is 149 Å². The zero-order chi connectivity index (χ0) is 0. The van der Waals surface area contributed by atoms with E-state index in [4.69, 9.17) is 0 Å². The van der Waals surface area contributed by atoms with Crippen LogP contribution in [0.25, 0.3) is 0 Å². The molecule has 0 heterocycles. The summed E-state index contributed by atoms with van der Waals surface area (Å²) in [5.41, 5.74) is 0. The topological polar surface area (TPSA) is 94.5 Å². The summed E-state index contributed by atoms with van der Waals surface area (Å²) in [6, 6.07) is 0. The Morgan fingerprint density at radius 2 is 0.667 bits per heavy atom. The first-order chi connectivity index (χ1) is 0. The van der Waals surface area contributed by atoms with Crippen LogP contribution in [0.15, 0.2) is 0 Å². The van der Waals surface area contributed by atoms with Crippen molar-refractivity contribution in [2.75, 3.05) is 0 Å². The van der Waals surface area contributed by atoms with Gasteiger partial charge in [-0.25, -0.2) is 0 Å². The molecule has 0 aliphatic heterocycles. The molecule has 0 amide bonds. The van der Waals surface area contributed by atoms with Crippen molar-refractivity contribution in [1.82, 2.24) is 0 Å². The van der Waals surface area contributed by atoms with Crippen LogP contribution in [0.2, 0.25) is 0 Å². The molecule has 24 valence electrons. The number of hydrogen-bond donors (Lipinski definition) is 0. The second-order valence-electron chi connectivity index (χ2n) is 0. The fourth-order valence-electron chi connectivity index (χ4n) is 0. The van der Waals surface area contributed by atoms with E-state index < -0.39 is 0 Å². The van der Waals surface area contributed by atoms with Crippen LogP contribution in [0.3, 0.4) is 0 Å². The van der Waals surface area contributed by atoms with E-state index in [1.54, 1.807) is 0 Å². The molecule has 6 heavy (non-hydrogen) atoms. The van der Waals surface area contributed by atoms with E-state index in [1.165, 1.54) is 0 Å². The molecule has 0 fully saturated rings. The minimum Gasteiger partial charge on any atom is -0.412 e. The Bertz CT molecular complexity index is 10.8. The largest absolute Gasteiger partial charge is 2.00 e. The van der Waals surface area contributed by atoms with Crippen molar-refractivity contribution < 1.29 is 16.4 Å². The molecule has 0 aliphatic rings. The maximum atomic E-state index is 0. The van der Waals surface area contributed by atoms with Crippen molar-refractivity contribution >= 4 is 132 Å². The summed E-state index contributed by atoms with van der Waals surface area (Å²) in [6.45, 7) is 0. The van der Waals surface area contributed by atoms with E-state index in [2.05, 4.69) is 0 Å². The maximum Gasteiger partial charge on any atom is 2.00 e. The zero-order valence-electron chi connectivity index (χ0n) is 3.62. The van der Waals surface area contributed by atoms with Crippen LogP contribution in [0.1, 0.15) is 0 Å². The Morgan fingerprint density at radius 1 is 0.667 bits per heavy atom. The van der Waals surface area contributed by atoms with E-state index in [1.807, 2.05) is 0 Å². The normalized spacial score (nSPS) is 0. The molecule has 0 aliphatic carbocycles. The molecule has 3 nitrogen and oxygen atoms in total. The van der Waals surface area contributed by atoms with Gasteiger partial charge in [0, 0.05) is 0 Å². The van der Waals surface area contributed by atoms with Crippen LogP contribution < -0.4 is 0 Å². The Labute approximate surface area is 144 Å². The summed E-state index contributed by atoms with van der Waals surface area (Å²) in [5, 5.41) is 0. The van der Waals surface area contributed by atoms with Gasteiger partial charge in [-0.15, -0.1) is 0 Å². The van der Waals surface area contributed by atoms with Crippen LogP contribution >= 0.6 is 0 Å². The van der Waals surface area contributed by atoms with Gasteiger partial charge in [0.25, 0.3) is 0 Å². The van der Waals surface area contributed by atoms with Crippen molar-refractivity contribution in [1.29, 1.82) is 0 Å². The van der Waals surface area contributed by atoms with Gasteiger partial charge in [-0.05, 0) is 0 Å². The molecule has 0 aromatic heterocycles. The summed E-state index contributed by atoms with van der Waals surface area (Å²) in [5.74, 6) is 0. The van der Waals surface area contributed by atoms with E-state index in [0.717, 1.165) is 0 Å². The molecule has 0 atom stereocenters. The van der Waals surface area contributed by atoms with Gasteiger partial charge >= 0.3 is 132 Å². The summed E-state index contributed by atoms with van der Waals surface area (Å²) >= 11 is 0. The van der Waals surface area contributed by atoms with Crippen LogP contribution in [0.4, 0.5) is 0 Å². The summed E-state index contributed by atoms with van der Waals surface area (Å²) in [7, 11) is 0. The van der Waals surface area contributed by atoms with Crippen LogP contribution in [-0.4, -0.2) is 149 Å². The quantitative estimate of drug-likeness (QED) is 0.412. The Morgan fingerprint density at radius 3 is 0.667 bits per heavy atom. The predicted molar refractivity (Wildman–Crippen MR) is 28.1 cm³/mol. The minimum absolute atomic E-state index is 0. The van der Waals surface area contributed by atoms with Crippen molar-refractivity contribution in [3.05, 3.63) is 0 Å². The molecule has 0 unspecified atom stereocenters. The number of rotatable bonds is 0. The van der Waals surface area contributed by atoms with Crippen molar-refractivity contribution in [2.24, 2.45) is 0 Å². The molecular weight excluding hydrogens is 313 g/mol. The monoisotopic (exact) mass is 320 g/mol. The zero-order valence-corrected chi connectivity index (χ0v) is 13.7. The molecule has 0 saturated carbocycles. The number of hydrogen-bond acceptors (Lipinski definition) is 0. The van der Waals surface area contributed by atoms with Gasteiger partial charge < -0.3 is 16.4 Å². The summed E-state index contributed by atoms with van der Waals surface area (Å²) in [4.78, 5) is 0. The molecule has 0 radical (unpaired) electrons. The molecular formula is H6BaCaO3Sr+6. The van der Waals surface area contributed by atoms with Gasteiger partial charge in [0.2, 0.25) is 0 Å². The van der Waals surface area contributed by atoms with Crippen molar-refractivity contribution in [3.63, 3.8) is 0 Å². The van der Waals surface area contributed by atoms with Crippen molar-refractivity contribution in [2.45, 2.75) is 0 Å². The standard InChI is InChI=1S/Ba.Ca.3H2O.Sr/h;;3*1H2;/q2*+2;;;;+2. The Kier molecular flexibility index (Phi) is 287. The maximum absolute atomic E-state index is 0. The molecule has 6 heteroatoms. The van der Waals surface area contributed by atoms with E-state index in [9.17, 15) is 0 Å². The van der Waals surface area contributed by atoms with Crippen LogP contribution in [0.5, 0.6) is 0 Å². The van der Waals surface area contributed by atoms with Crippen molar-refractivity contribution in [3.8, 4) is 0 Å². The molecule has 6 N–H and O–H groups in total. The van der Waals surface area contributed by atoms with E-state index >= 15 is 0 Å². The first-order valence-corrected chi connectivity index (χ1v) is 0. The molecule has 0 spiro atoms. The molecule has 0 saturated heterocycles. The smallest absolute Gasteiger partial charge is 0.412 e. The average molecular weight is 319 g/mol. The fourth-order valence-corrected chi connectivity index (χ4v) is 0. The minimum atomic E-state index is 0. The average Bonchev–Trinajstić information content (AvgIpc) is 0. The SMILES string of the molecule is O.O.O.[Ba+2].[Ca+2].[Sr+2]. The third-order valence-corrected chi connectivity index (χ3v) is 0. The third kappa shape index (κ3) is 24.1. The van der Waals surface area contributed by atoms with Gasteiger partial charge in [0.1, 0.15) is 0 Å². The second-order valence-corrected chi connectivity index (χ2v) is 0. The molecule has 0 aromatic rings. The fraction of sp³-hybridized carbons (Fsp3) is 0. The summed E-state index contributed by atoms with van der Waals surface area (Å²) < 4.78 is 0. The van der Waals surface area contributed by atoms with Gasteiger partial charge in [-0.2, -0.15) is 0 Å². The first-order valence-electron chi connectivity index (χ1n) is 0. The predicted octanol–water partition coefficient (Wildman–Crippen LogP) is -3.62. The third-order valence-electron chi connectivity index (χ3n) is 0. The Hall–Kier alpha value is 4.19. The van der Waals surface area contributed by atoms with Gasteiger partial charge in [-0.3, -0.25) is 0 Å². The Balaban J connectivity index is 0. The summed E-state index contributed by atoms with van der Waals surface area (Å²) in [6.07, 6.45) is 0. The van der Waals surface area contributed by atoms with Crippen LogP contribution in [0, 0.1) is 0 Å². The molecule has 0 rings (SSSR count). The first kappa shape index (κ1) is 49.0. The molecule has 0 bridgehead atoms. The van der Waals surface area contributed by atoms with Gasteiger partial charge in [-0.1, -0.05) is 0 Å². The van der Waals surface area contributed by atoms with Crippen LogP contribution in [-0.2, 0) is 0 Å².